The first-order chi connectivity index (χ1) is 13.2. The van der Waals surface area contributed by atoms with Crippen LogP contribution in [0, 0.1) is 11.6 Å². The van der Waals surface area contributed by atoms with E-state index in [9.17, 15) is 8.78 Å². The Balaban J connectivity index is 1.71. The lowest BCUT2D eigenvalue weighted by atomic mass is 10.0. The lowest BCUT2D eigenvalue weighted by Gasteiger charge is -2.26. The highest BCUT2D eigenvalue weighted by molar-refractivity contribution is 5.85. The third-order valence-electron chi connectivity index (χ3n) is 4.81. The third-order valence-corrected chi connectivity index (χ3v) is 4.81. The van der Waals surface area contributed by atoms with E-state index >= 15 is 0 Å². The van der Waals surface area contributed by atoms with Crippen molar-refractivity contribution in [3.8, 4) is 0 Å². The first kappa shape index (κ1) is 15.8. The van der Waals surface area contributed by atoms with Crippen LogP contribution in [0.15, 0.2) is 78.9 Å². The number of benzene rings is 3. The molecule has 132 valence electrons. The molecule has 1 atom stereocenters. The largest absolute Gasteiger partial charge is 0.325 e. The highest BCUT2D eigenvalue weighted by atomic mass is 19.1. The van der Waals surface area contributed by atoms with Crippen LogP contribution in [0.2, 0.25) is 0 Å². The maximum atomic E-state index is 13.4. The summed E-state index contributed by atoms with van der Waals surface area (Å²) in [7, 11) is 0. The van der Waals surface area contributed by atoms with E-state index in [4.69, 9.17) is 4.98 Å². The SMILES string of the molecule is Fc1ccc(C2=C[C@@H](c3ccc(F)cc3)n3c(nc4ccccc43)N2)cc1. The van der Waals surface area contributed by atoms with Gasteiger partial charge in [-0.15, -0.1) is 0 Å². The summed E-state index contributed by atoms with van der Waals surface area (Å²) in [6, 6.07) is 20.5. The van der Waals surface area contributed by atoms with E-state index in [1.54, 1.807) is 24.3 Å². The summed E-state index contributed by atoms with van der Waals surface area (Å²) in [6.45, 7) is 0. The van der Waals surface area contributed by atoms with Gasteiger partial charge in [0, 0.05) is 5.70 Å². The first-order valence-electron chi connectivity index (χ1n) is 8.66. The molecule has 27 heavy (non-hydrogen) atoms. The van der Waals surface area contributed by atoms with Crippen molar-refractivity contribution in [1.82, 2.24) is 9.55 Å². The smallest absolute Gasteiger partial charge is 0.209 e. The average molecular weight is 359 g/mol. The van der Waals surface area contributed by atoms with Crippen molar-refractivity contribution in [2.24, 2.45) is 0 Å². The Labute approximate surface area is 154 Å². The fraction of sp³-hybridized carbons (Fsp3) is 0.0455. The molecule has 5 rings (SSSR count). The molecule has 1 aromatic heterocycles. The van der Waals surface area contributed by atoms with Gasteiger partial charge in [0.25, 0.3) is 0 Å². The molecule has 3 aromatic carbocycles. The van der Waals surface area contributed by atoms with Gasteiger partial charge in [-0.2, -0.15) is 0 Å². The number of rotatable bonds is 2. The van der Waals surface area contributed by atoms with Gasteiger partial charge >= 0.3 is 0 Å². The summed E-state index contributed by atoms with van der Waals surface area (Å²) in [6.07, 6.45) is 2.06. The van der Waals surface area contributed by atoms with Gasteiger partial charge in [0.05, 0.1) is 17.1 Å². The van der Waals surface area contributed by atoms with Gasteiger partial charge in [0.15, 0.2) is 0 Å². The van der Waals surface area contributed by atoms with Crippen molar-refractivity contribution < 1.29 is 8.78 Å². The number of hydrogen-bond acceptors (Lipinski definition) is 2. The standard InChI is InChI=1S/C22H15F2N3/c23-16-9-5-14(6-10-16)19-13-21(15-7-11-17(24)12-8-15)27-20-4-2-1-3-18(20)25-22(27)26-19/h1-13,21H,(H,25,26)/t21-/m0/s1. The van der Waals surface area contributed by atoms with Crippen LogP contribution in [0.1, 0.15) is 17.2 Å². The van der Waals surface area contributed by atoms with Crippen LogP contribution < -0.4 is 5.32 Å². The number of allylic oxidation sites excluding steroid dienone is 1. The van der Waals surface area contributed by atoms with Gasteiger partial charge in [-0.3, -0.25) is 4.57 Å². The Morgan fingerprint density at radius 1 is 0.815 bits per heavy atom. The highest BCUT2D eigenvalue weighted by Crippen LogP contribution is 2.36. The number of nitrogens with zero attached hydrogens (tertiary/aromatic N) is 2. The number of nitrogens with one attached hydrogen (secondary N) is 1. The second kappa shape index (κ2) is 6.06. The first-order valence-corrected chi connectivity index (χ1v) is 8.66. The second-order valence-corrected chi connectivity index (χ2v) is 6.50. The molecular weight excluding hydrogens is 344 g/mol. The van der Waals surface area contributed by atoms with Gasteiger partial charge in [-0.05, 0) is 65.7 Å². The fourth-order valence-corrected chi connectivity index (χ4v) is 3.51. The van der Waals surface area contributed by atoms with Gasteiger partial charge in [0.2, 0.25) is 5.95 Å². The predicted molar refractivity (Wildman–Crippen MR) is 102 cm³/mol. The summed E-state index contributed by atoms with van der Waals surface area (Å²) in [5.41, 5.74) is 4.51. The number of anilines is 1. The van der Waals surface area contributed by atoms with E-state index in [-0.39, 0.29) is 17.7 Å². The topological polar surface area (TPSA) is 29.9 Å². The quantitative estimate of drug-likeness (QED) is 0.521. The molecule has 0 spiro atoms. The van der Waals surface area contributed by atoms with Crippen molar-refractivity contribution in [2.45, 2.75) is 6.04 Å². The third kappa shape index (κ3) is 2.68. The minimum Gasteiger partial charge on any atom is -0.325 e. The molecule has 4 aromatic rings. The number of imidazole rings is 1. The average Bonchev–Trinajstić information content (AvgIpc) is 3.07. The van der Waals surface area contributed by atoms with Gasteiger partial charge in [0.1, 0.15) is 11.6 Å². The van der Waals surface area contributed by atoms with E-state index in [1.807, 2.05) is 24.3 Å². The molecule has 0 unspecified atom stereocenters. The van der Waals surface area contributed by atoms with Crippen molar-refractivity contribution in [1.29, 1.82) is 0 Å². The van der Waals surface area contributed by atoms with Crippen LogP contribution in [-0.2, 0) is 0 Å². The van der Waals surface area contributed by atoms with Crippen LogP contribution in [0.25, 0.3) is 16.7 Å². The van der Waals surface area contributed by atoms with E-state index in [0.717, 1.165) is 27.9 Å². The van der Waals surface area contributed by atoms with Crippen molar-refractivity contribution in [2.75, 3.05) is 5.32 Å². The molecule has 0 fully saturated rings. The molecule has 3 nitrogen and oxygen atoms in total. The molecule has 0 aliphatic carbocycles. The molecule has 0 radical (unpaired) electrons. The Kier molecular flexibility index (Phi) is 3.53. The maximum Gasteiger partial charge on any atom is 0.209 e. The minimum atomic E-state index is -0.280. The number of halogens is 2. The molecule has 0 bridgehead atoms. The molecular formula is C22H15F2N3. The van der Waals surface area contributed by atoms with Crippen molar-refractivity contribution >= 4 is 22.7 Å². The molecule has 0 amide bonds. The molecule has 1 aliphatic rings. The van der Waals surface area contributed by atoms with E-state index in [0.29, 0.717) is 5.95 Å². The molecule has 0 saturated heterocycles. The number of para-hydroxylation sites is 2. The van der Waals surface area contributed by atoms with Crippen LogP contribution in [0.4, 0.5) is 14.7 Å². The van der Waals surface area contributed by atoms with Crippen LogP contribution in [0.3, 0.4) is 0 Å². The molecule has 5 heteroatoms. The fourth-order valence-electron chi connectivity index (χ4n) is 3.51. The second-order valence-electron chi connectivity index (χ2n) is 6.50. The minimum absolute atomic E-state index is 0.158. The summed E-state index contributed by atoms with van der Waals surface area (Å²) < 4.78 is 28.9. The maximum absolute atomic E-state index is 13.4. The Morgan fingerprint density at radius 3 is 2.22 bits per heavy atom. The van der Waals surface area contributed by atoms with Crippen LogP contribution >= 0.6 is 0 Å². The molecule has 0 saturated carbocycles. The Bertz CT molecular complexity index is 1160. The summed E-state index contributed by atoms with van der Waals surface area (Å²) in [4.78, 5) is 4.70. The lowest BCUT2D eigenvalue weighted by Crippen LogP contribution is -2.19. The molecule has 1 aliphatic heterocycles. The molecule has 1 N–H and O–H groups in total. The summed E-state index contributed by atoms with van der Waals surface area (Å²) in [5, 5.41) is 3.35. The van der Waals surface area contributed by atoms with Crippen LogP contribution in [-0.4, -0.2) is 9.55 Å². The zero-order valence-corrected chi connectivity index (χ0v) is 14.2. The zero-order valence-electron chi connectivity index (χ0n) is 14.2. The highest BCUT2D eigenvalue weighted by Gasteiger charge is 2.25. The predicted octanol–water partition coefficient (Wildman–Crippen LogP) is 5.37. The summed E-state index contributed by atoms with van der Waals surface area (Å²) >= 11 is 0. The molecule has 2 heterocycles. The van der Waals surface area contributed by atoms with Gasteiger partial charge in [-0.25, -0.2) is 13.8 Å². The number of aromatic nitrogens is 2. The summed E-state index contributed by atoms with van der Waals surface area (Å²) in [5.74, 6) is 0.149. The lowest BCUT2D eigenvalue weighted by molar-refractivity contribution is 0.624. The zero-order chi connectivity index (χ0) is 18.4. The van der Waals surface area contributed by atoms with Gasteiger partial charge < -0.3 is 5.32 Å². The van der Waals surface area contributed by atoms with E-state index in [2.05, 4.69) is 16.0 Å². The Morgan fingerprint density at radius 2 is 1.48 bits per heavy atom. The van der Waals surface area contributed by atoms with E-state index < -0.39 is 0 Å². The van der Waals surface area contributed by atoms with E-state index in [1.165, 1.54) is 24.3 Å². The van der Waals surface area contributed by atoms with Crippen molar-refractivity contribution in [3.63, 3.8) is 0 Å². The van der Waals surface area contributed by atoms with Gasteiger partial charge in [-0.1, -0.05) is 24.3 Å². The van der Waals surface area contributed by atoms with Crippen molar-refractivity contribution in [3.05, 3.63) is 102 Å². The normalized spacial score (nSPS) is 15.9. The van der Waals surface area contributed by atoms with Crippen LogP contribution in [0.5, 0.6) is 0 Å². The monoisotopic (exact) mass is 359 g/mol. The number of fused-ring (bicyclic) bond motifs is 3. The Hall–Kier alpha value is -3.47. The number of hydrogen-bond donors (Lipinski definition) is 1.